The Morgan fingerprint density at radius 3 is 2.64 bits per heavy atom. The first-order chi connectivity index (χ1) is 13.7. The van der Waals surface area contributed by atoms with Crippen molar-refractivity contribution in [2.24, 2.45) is 0 Å². The van der Waals surface area contributed by atoms with Crippen LogP contribution in [-0.4, -0.2) is 55.7 Å². The molecule has 2 amide bonds. The number of nitriles is 1. The number of ether oxygens (including phenoxy) is 1. The van der Waals surface area contributed by atoms with Gasteiger partial charge in [0.25, 0.3) is 0 Å². The van der Waals surface area contributed by atoms with Gasteiger partial charge in [-0.05, 0) is 42.7 Å². The number of nitrogens with zero attached hydrogens (tertiary/aromatic N) is 4. The number of piperazine rings is 1. The molecule has 0 atom stereocenters. The van der Waals surface area contributed by atoms with Gasteiger partial charge in [0.15, 0.2) is 0 Å². The zero-order chi connectivity index (χ0) is 19.8. The smallest absolute Gasteiger partial charge is 0.317 e. The first-order valence-electron chi connectivity index (χ1n) is 9.47. The van der Waals surface area contributed by atoms with Crippen LogP contribution in [0.1, 0.15) is 17.5 Å². The van der Waals surface area contributed by atoms with Gasteiger partial charge in [0.05, 0.1) is 12.7 Å². The van der Waals surface area contributed by atoms with Crippen LogP contribution >= 0.6 is 0 Å². The lowest BCUT2D eigenvalue weighted by Crippen LogP contribution is -2.52. The molecule has 2 aromatic rings. The molecule has 28 heavy (non-hydrogen) atoms. The molecule has 1 aromatic carbocycles. The maximum absolute atomic E-state index is 12.4. The summed E-state index contributed by atoms with van der Waals surface area (Å²) in [5, 5.41) is 12.2. The molecule has 3 rings (SSSR count). The largest absolute Gasteiger partial charge is 0.497 e. The van der Waals surface area contributed by atoms with E-state index in [1.54, 1.807) is 25.4 Å². The number of urea groups is 1. The van der Waals surface area contributed by atoms with E-state index in [2.05, 4.69) is 21.3 Å². The van der Waals surface area contributed by atoms with E-state index in [0.717, 1.165) is 18.6 Å². The molecular weight excluding hydrogens is 354 g/mol. The van der Waals surface area contributed by atoms with E-state index >= 15 is 0 Å². The predicted molar refractivity (Wildman–Crippen MR) is 107 cm³/mol. The van der Waals surface area contributed by atoms with Crippen LogP contribution in [0.25, 0.3) is 0 Å². The van der Waals surface area contributed by atoms with Crippen molar-refractivity contribution in [1.82, 2.24) is 15.2 Å². The average Bonchev–Trinajstić information content (AvgIpc) is 2.77. The number of hydrogen-bond donors (Lipinski definition) is 1. The number of aryl methyl sites for hydroxylation is 1. The molecule has 0 unspecified atom stereocenters. The maximum atomic E-state index is 12.4. The van der Waals surface area contributed by atoms with Crippen molar-refractivity contribution in [3.63, 3.8) is 0 Å². The first kappa shape index (κ1) is 19.5. The van der Waals surface area contributed by atoms with E-state index in [1.165, 1.54) is 5.56 Å². The Balaban J connectivity index is 1.39. The third-order valence-electron chi connectivity index (χ3n) is 4.85. The van der Waals surface area contributed by atoms with Crippen LogP contribution in [0.2, 0.25) is 0 Å². The summed E-state index contributed by atoms with van der Waals surface area (Å²) < 4.78 is 5.16. The quantitative estimate of drug-likeness (QED) is 0.780. The van der Waals surface area contributed by atoms with Crippen molar-refractivity contribution < 1.29 is 9.53 Å². The van der Waals surface area contributed by atoms with Crippen molar-refractivity contribution >= 4 is 11.8 Å². The molecule has 1 N–H and O–H groups in total. The summed E-state index contributed by atoms with van der Waals surface area (Å²) in [5.41, 5.74) is 1.80. The second-order valence-corrected chi connectivity index (χ2v) is 6.64. The number of amides is 2. The lowest BCUT2D eigenvalue weighted by Gasteiger charge is -2.35. The lowest BCUT2D eigenvalue weighted by atomic mass is 10.1. The van der Waals surface area contributed by atoms with E-state index in [0.29, 0.717) is 44.1 Å². The highest BCUT2D eigenvalue weighted by Crippen LogP contribution is 2.18. The topological polar surface area (TPSA) is 81.5 Å². The maximum Gasteiger partial charge on any atom is 0.317 e. The third-order valence-corrected chi connectivity index (χ3v) is 4.85. The van der Waals surface area contributed by atoms with Crippen LogP contribution in [0.15, 0.2) is 42.6 Å². The zero-order valence-electron chi connectivity index (χ0n) is 16.1. The molecule has 146 valence electrons. The normalized spacial score (nSPS) is 13.7. The zero-order valence-corrected chi connectivity index (χ0v) is 16.1. The molecule has 1 aliphatic heterocycles. The molecule has 0 radical (unpaired) electrons. The molecule has 1 saturated heterocycles. The first-order valence-corrected chi connectivity index (χ1v) is 9.47. The molecule has 0 bridgehead atoms. The molecule has 1 aromatic heterocycles. The van der Waals surface area contributed by atoms with Crippen molar-refractivity contribution in [3.05, 3.63) is 53.7 Å². The van der Waals surface area contributed by atoms with Crippen LogP contribution in [0.5, 0.6) is 5.75 Å². The molecule has 0 spiro atoms. The molecular formula is C21H25N5O2. The standard InChI is InChI=1S/C21H25N5O2/c1-28-19-8-6-17(7-9-19)4-2-11-24-21(27)26-14-12-25(13-15-26)20-18(16-22)5-3-10-23-20/h3,5-10H,2,4,11-15H2,1H3,(H,24,27). The van der Waals surface area contributed by atoms with E-state index < -0.39 is 0 Å². The van der Waals surface area contributed by atoms with Crippen molar-refractivity contribution in [2.75, 3.05) is 44.7 Å². The van der Waals surface area contributed by atoms with E-state index in [1.807, 2.05) is 29.2 Å². The minimum absolute atomic E-state index is 0.0316. The monoisotopic (exact) mass is 379 g/mol. The lowest BCUT2D eigenvalue weighted by molar-refractivity contribution is 0.194. The van der Waals surface area contributed by atoms with Gasteiger partial charge in [0.1, 0.15) is 17.6 Å². The Bertz CT molecular complexity index is 823. The van der Waals surface area contributed by atoms with Crippen molar-refractivity contribution in [1.29, 1.82) is 5.26 Å². The fourth-order valence-corrected chi connectivity index (χ4v) is 3.25. The number of nitrogens with one attached hydrogen (secondary N) is 1. The summed E-state index contributed by atoms with van der Waals surface area (Å²) in [6.07, 6.45) is 3.49. The third kappa shape index (κ3) is 4.92. The predicted octanol–water partition coefficient (Wildman–Crippen LogP) is 2.43. The number of methoxy groups -OCH3 is 1. The van der Waals surface area contributed by atoms with E-state index in [4.69, 9.17) is 4.74 Å². The Morgan fingerprint density at radius 2 is 1.96 bits per heavy atom. The summed E-state index contributed by atoms with van der Waals surface area (Å²) in [6.45, 7) is 3.22. The molecule has 7 nitrogen and oxygen atoms in total. The summed E-state index contributed by atoms with van der Waals surface area (Å²) >= 11 is 0. The number of pyridine rings is 1. The highest BCUT2D eigenvalue weighted by molar-refractivity contribution is 5.74. The number of carbonyl (C=O) groups excluding carboxylic acids is 1. The minimum Gasteiger partial charge on any atom is -0.497 e. The second kappa shape index (κ2) is 9.60. The molecule has 0 aliphatic carbocycles. The van der Waals surface area contributed by atoms with Crippen LogP contribution in [0.3, 0.4) is 0 Å². The summed E-state index contributed by atoms with van der Waals surface area (Å²) in [5.74, 6) is 1.55. The summed E-state index contributed by atoms with van der Waals surface area (Å²) in [7, 11) is 1.66. The second-order valence-electron chi connectivity index (χ2n) is 6.64. The van der Waals surface area contributed by atoms with Gasteiger partial charge in [0, 0.05) is 38.9 Å². The Kier molecular flexibility index (Phi) is 6.68. The SMILES string of the molecule is COc1ccc(CCCNC(=O)N2CCN(c3ncccc3C#N)CC2)cc1. The van der Waals surface area contributed by atoms with Crippen molar-refractivity contribution in [3.8, 4) is 11.8 Å². The van der Waals surface area contributed by atoms with E-state index in [9.17, 15) is 10.1 Å². The number of hydrogen-bond acceptors (Lipinski definition) is 5. The van der Waals surface area contributed by atoms with Crippen LogP contribution in [0.4, 0.5) is 10.6 Å². The Morgan fingerprint density at radius 1 is 1.21 bits per heavy atom. The van der Waals surface area contributed by atoms with Gasteiger partial charge >= 0.3 is 6.03 Å². The minimum atomic E-state index is -0.0316. The summed E-state index contributed by atoms with van der Waals surface area (Å²) in [6, 6.07) is 13.7. The molecule has 7 heteroatoms. The van der Waals surface area contributed by atoms with E-state index in [-0.39, 0.29) is 6.03 Å². The van der Waals surface area contributed by atoms with Gasteiger partial charge < -0.3 is 19.9 Å². The number of anilines is 1. The molecule has 1 aliphatic rings. The number of carbonyl (C=O) groups is 1. The fourth-order valence-electron chi connectivity index (χ4n) is 3.25. The van der Waals surface area contributed by atoms with Gasteiger partial charge in [-0.25, -0.2) is 9.78 Å². The van der Waals surface area contributed by atoms with Gasteiger partial charge in [-0.1, -0.05) is 12.1 Å². The van der Waals surface area contributed by atoms with Crippen LogP contribution in [0, 0.1) is 11.3 Å². The van der Waals surface area contributed by atoms with Crippen LogP contribution in [-0.2, 0) is 6.42 Å². The highest BCUT2D eigenvalue weighted by atomic mass is 16.5. The number of benzene rings is 1. The number of aromatic nitrogens is 1. The van der Waals surface area contributed by atoms with Gasteiger partial charge in [-0.15, -0.1) is 0 Å². The number of rotatable bonds is 6. The molecule has 0 saturated carbocycles. The van der Waals surface area contributed by atoms with Gasteiger partial charge in [-0.2, -0.15) is 5.26 Å². The van der Waals surface area contributed by atoms with Gasteiger partial charge in [-0.3, -0.25) is 0 Å². The van der Waals surface area contributed by atoms with Crippen LogP contribution < -0.4 is 15.0 Å². The average molecular weight is 379 g/mol. The Labute approximate surface area is 165 Å². The summed E-state index contributed by atoms with van der Waals surface area (Å²) in [4.78, 5) is 20.6. The highest BCUT2D eigenvalue weighted by Gasteiger charge is 2.23. The van der Waals surface area contributed by atoms with Gasteiger partial charge in [0.2, 0.25) is 0 Å². The Hall–Kier alpha value is -3.27. The fraction of sp³-hybridized carbons (Fsp3) is 0.381. The van der Waals surface area contributed by atoms with Crippen molar-refractivity contribution in [2.45, 2.75) is 12.8 Å². The molecule has 2 heterocycles. The molecule has 1 fully saturated rings.